The maximum Gasteiger partial charge on any atom is 0.106 e. The van der Waals surface area contributed by atoms with E-state index in [1.54, 1.807) is 0 Å². The van der Waals surface area contributed by atoms with Crippen LogP contribution in [0.25, 0.3) is 0 Å². The number of rotatable bonds is 5. The first-order chi connectivity index (χ1) is 7.52. The van der Waals surface area contributed by atoms with Crippen molar-refractivity contribution in [1.82, 2.24) is 0 Å². The topological polar surface area (TPSA) is 38.0 Å². The molecule has 3 N–H and O–H groups in total. The summed E-state index contributed by atoms with van der Waals surface area (Å²) in [4.78, 5) is 0.454. The largest absolute Gasteiger partial charge is 0.389 e. The smallest absolute Gasteiger partial charge is 0.106 e. The number of benzene rings is 1. The normalized spacial score (nSPS) is 10.5. The molecule has 0 saturated heterocycles. The lowest BCUT2D eigenvalue weighted by Crippen LogP contribution is -2.15. The van der Waals surface area contributed by atoms with Gasteiger partial charge in [0, 0.05) is 17.8 Å². The van der Waals surface area contributed by atoms with Crippen LogP contribution >= 0.6 is 12.2 Å². The first-order valence-electron chi connectivity index (χ1n) is 5.65. The molecule has 0 aromatic heterocycles. The maximum absolute atomic E-state index is 5.71. The molecule has 1 rings (SSSR count). The van der Waals surface area contributed by atoms with Gasteiger partial charge < -0.3 is 11.1 Å². The second-order valence-corrected chi connectivity index (χ2v) is 4.91. The average Bonchev–Trinajstić information content (AvgIpc) is 2.19. The summed E-state index contributed by atoms with van der Waals surface area (Å²) in [7, 11) is 0. The summed E-state index contributed by atoms with van der Waals surface area (Å²) >= 11 is 5.05. The molecule has 2 nitrogen and oxygen atoms in total. The molecule has 0 saturated carbocycles. The number of aryl methyl sites for hydroxylation is 1. The Hall–Kier alpha value is -1.09. The molecule has 3 heteroatoms. The number of para-hydroxylation sites is 1. The SMILES string of the molecule is Cc1cccc(C(N)=S)c1NCCC(C)C. The lowest BCUT2D eigenvalue weighted by Gasteiger charge is -2.14. The van der Waals surface area contributed by atoms with Gasteiger partial charge in [-0.1, -0.05) is 38.2 Å². The molecule has 1 aromatic carbocycles. The summed E-state index contributed by atoms with van der Waals surface area (Å²) in [6.07, 6.45) is 1.14. The predicted octanol–water partition coefficient (Wildman–Crippen LogP) is 3.09. The van der Waals surface area contributed by atoms with Gasteiger partial charge in [-0.25, -0.2) is 0 Å². The number of anilines is 1. The third-order valence-electron chi connectivity index (χ3n) is 2.56. The molecular formula is C13H20N2S. The van der Waals surface area contributed by atoms with Gasteiger partial charge >= 0.3 is 0 Å². The van der Waals surface area contributed by atoms with Gasteiger partial charge in [0.05, 0.1) is 0 Å². The van der Waals surface area contributed by atoms with Crippen molar-refractivity contribution in [3.8, 4) is 0 Å². The lowest BCUT2D eigenvalue weighted by atomic mass is 10.1. The van der Waals surface area contributed by atoms with Gasteiger partial charge in [-0.2, -0.15) is 0 Å². The van der Waals surface area contributed by atoms with Crippen molar-refractivity contribution in [1.29, 1.82) is 0 Å². The van der Waals surface area contributed by atoms with E-state index in [1.165, 1.54) is 5.56 Å². The number of hydrogen-bond acceptors (Lipinski definition) is 2. The average molecular weight is 236 g/mol. The monoisotopic (exact) mass is 236 g/mol. The summed E-state index contributed by atoms with van der Waals surface area (Å²) in [5.74, 6) is 0.699. The molecule has 0 atom stereocenters. The Kier molecular flexibility index (Phi) is 4.74. The standard InChI is InChI=1S/C13H20N2S/c1-9(2)7-8-15-12-10(3)5-4-6-11(12)13(14)16/h4-6,9,15H,7-8H2,1-3H3,(H2,14,16). The molecule has 0 aliphatic heterocycles. The maximum atomic E-state index is 5.71. The van der Waals surface area contributed by atoms with E-state index < -0.39 is 0 Å². The molecule has 0 heterocycles. The summed E-state index contributed by atoms with van der Waals surface area (Å²) in [6, 6.07) is 6.02. The van der Waals surface area contributed by atoms with Crippen LogP contribution in [0.2, 0.25) is 0 Å². The Balaban J connectivity index is 2.80. The van der Waals surface area contributed by atoms with Crippen LogP contribution in [0.15, 0.2) is 18.2 Å². The Labute approximate surface area is 103 Å². The van der Waals surface area contributed by atoms with Gasteiger partial charge in [-0.15, -0.1) is 0 Å². The van der Waals surface area contributed by atoms with E-state index in [-0.39, 0.29) is 0 Å². The summed E-state index contributed by atoms with van der Waals surface area (Å²) in [6.45, 7) is 7.46. The second-order valence-electron chi connectivity index (χ2n) is 4.47. The molecular weight excluding hydrogens is 216 g/mol. The van der Waals surface area contributed by atoms with Crippen LogP contribution in [0.4, 0.5) is 5.69 Å². The van der Waals surface area contributed by atoms with E-state index in [0.29, 0.717) is 10.9 Å². The molecule has 0 radical (unpaired) electrons. The number of thiocarbonyl (C=S) groups is 1. The summed E-state index contributed by atoms with van der Waals surface area (Å²) < 4.78 is 0. The fourth-order valence-corrected chi connectivity index (χ4v) is 1.76. The van der Waals surface area contributed by atoms with Crippen LogP contribution < -0.4 is 11.1 Å². The highest BCUT2D eigenvalue weighted by molar-refractivity contribution is 7.80. The van der Waals surface area contributed by atoms with Gasteiger partial charge in [0.1, 0.15) is 4.99 Å². The predicted molar refractivity (Wildman–Crippen MR) is 75.0 cm³/mol. The van der Waals surface area contributed by atoms with Crippen LogP contribution in [0.5, 0.6) is 0 Å². The third-order valence-corrected chi connectivity index (χ3v) is 2.78. The van der Waals surface area contributed by atoms with E-state index in [0.717, 1.165) is 24.2 Å². The van der Waals surface area contributed by atoms with Gasteiger partial charge in [-0.3, -0.25) is 0 Å². The first kappa shape index (κ1) is 13.0. The van der Waals surface area contributed by atoms with Crippen molar-refractivity contribution >= 4 is 22.9 Å². The molecule has 0 bridgehead atoms. The third kappa shape index (κ3) is 3.49. The van der Waals surface area contributed by atoms with Crippen LogP contribution in [0, 0.1) is 12.8 Å². The molecule has 0 amide bonds. The van der Waals surface area contributed by atoms with Gasteiger partial charge in [0.2, 0.25) is 0 Å². The van der Waals surface area contributed by atoms with Crippen molar-refractivity contribution in [2.45, 2.75) is 27.2 Å². The first-order valence-corrected chi connectivity index (χ1v) is 6.06. The van der Waals surface area contributed by atoms with E-state index in [1.807, 2.05) is 12.1 Å². The zero-order valence-electron chi connectivity index (χ0n) is 10.2. The second kappa shape index (κ2) is 5.85. The fourth-order valence-electron chi connectivity index (χ4n) is 1.59. The zero-order valence-corrected chi connectivity index (χ0v) is 11.0. The van der Waals surface area contributed by atoms with Crippen molar-refractivity contribution in [2.75, 3.05) is 11.9 Å². The Morgan fingerprint density at radius 2 is 2.12 bits per heavy atom. The van der Waals surface area contributed by atoms with Crippen molar-refractivity contribution in [3.05, 3.63) is 29.3 Å². The zero-order chi connectivity index (χ0) is 12.1. The molecule has 0 fully saturated rings. The van der Waals surface area contributed by atoms with Crippen LogP contribution in [-0.4, -0.2) is 11.5 Å². The minimum Gasteiger partial charge on any atom is -0.389 e. The summed E-state index contributed by atoms with van der Waals surface area (Å²) in [5, 5.41) is 3.43. The molecule has 0 unspecified atom stereocenters. The minimum absolute atomic E-state index is 0.454. The minimum atomic E-state index is 0.454. The molecule has 88 valence electrons. The molecule has 16 heavy (non-hydrogen) atoms. The van der Waals surface area contributed by atoms with Crippen LogP contribution in [0.3, 0.4) is 0 Å². The Morgan fingerprint density at radius 3 is 2.69 bits per heavy atom. The van der Waals surface area contributed by atoms with E-state index >= 15 is 0 Å². The number of nitrogens with two attached hydrogens (primary N) is 1. The van der Waals surface area contributed by atoms with Crippen LogP contribution in [-0.2, 0) is 0 Å². The van der Waals surface area contributed by atoms with Crippen molar-refractivity contribution in [2.24, 2.45) is 11.7 Å². The summed E-state index contributed by atoms with van der Waals surface area (Å²) in [5.41, 5.74) is 8.92. The van der Waals surface area contributed by atoms with E-state index in [4.69, 9.17) is 18.0 Å². The van der Waals surface area contributed by atoms with Crippen molar-refractivity contribution < 1.29 is 0 Å². The highest BCUT2D eigenvalue weighted by Crippen LogP contribution is 2.20. The quantitative estimate of drug-likeness (QED) is 0.772. The van der Waals surface area contributed by atoms with E-state index in [9.17, 15) is 0 Å². The highest BCUT2D eigenvalue weighted by atomic mass is 32.1. The molecule has 0 spiro atoms. The molecule has 1 aromatic rings. The van der Waals surface area contributed by atoms with Crippen molar-refractivity contribution in [3.63, 3.8) is 0 Å². The Morgan fingerprint density at radius 1 is 1.44 bits per heavy atom. The van der Waals surface area contributed by atoms with Crippen LogP contribution in [0.1, 0.15) is 31.4 Å². The fraction of sp³-hybridized carbons (Fsp3) is 0.462. The van der Waals surface area contributed by atoms with E-state index in [2.05, 4.69) is 32.2 Å². The van der Waals surface area contributed by atoms with Gasteiger partial charge in [0.15, 0.2) is 0 Å². The lowest BCUT2D eigenvalue weighted by molar-refractivity contribution is 0.607. The Bertz CT molecular complexity index is 372. The molecule has 0 aliphatic rings. The van der Waals surface area contributed by atoms with Gasteiger partial charge in [0.25, 0.3) is 0 Å². The molecule has 0 aliphatic carbocycles. The number of nitrogens with one attached hydrogen (secondary N) is 1. The highest BCUT2D eigenvalue weighted by Gasteiger charge is 2.07. The number of hydrogen-bond donors (Lipinski definition) is 2. The van der Waals surface area contributed by atoms with Gasteiger partial charge in [-0.05, 0) is 30.9 Å².